The Bertz CT molecular complexity index is 1080. The van der Waals surface area contributed by atoms with Crippen molar-refractivity contribution in [2.45, 2.75) is 32.4 Å². The highest BCUT2D eigenvalue weighted by atomic mass is 35.5. The fraction of sp³-hybridized carbons (Fsp3) is 0.316. The lowest BCUT2D eigenvalue weighted by molar-refractivity contribution is 0.175. The number of carbonyl (C=O) groups excluding carboxylic acids is 1. The van der Waals surface area contributed by atoms with E-state index in [0.29, 0.717) is 16.7 Å². The largest absolute Gasteiger partial charge is 0.493 e. The Hall–Kier alpha value is -3.40. The quantitative estimate of drug-likeness (QED) is 0.621. The fourth-order valence-electron chi connectivity index (χ4n) is 3.00. The third-order valence-corrected chi connectivity index (χ3v) is 4.78. The molecule has 1 fully saturated rings. The molecule has 3 heterocycles. The zero-order chi connectivity index (χ0) is 21.5. The Morgan fingerprint density at radius 1 is 1.23 bits per heavy atom. The first-order valence-corrected chi connectivity index (χ1v) is 9.52. The van der Waals surface area contributed by atoms with E-state index in [1.54, 1.807) is 31.2 Å². The molecule has 0 bridgehead atoms. The molecule has 10 nitrogen and oxygen atoms in total. The number of nitrogens with one attached hydrogen (secondary N) is 1. The van der Waals surface area contributed by atoms with Crippen LogP contribution in [0, 0.1) is 0 Å². The topological polar surface area (TPSA) is 127 Å². The van der Waals surface area contributed by atoms with Crippen LogP contribution in [0.5, 0.6) is 5.88 Å². The molecule has 1 saturated heterocycles. The number of carbonyl (C=O) groups is 1. The van der Waals surface area contributed by atoms with Gasteiger partial charge in [0.2, 0.25) is 23.5 Å². The lowest BCUT2D eigenvalue weighted by Gasteiger charge is -2.27. The standard InChI is InChI=1S/C19H19ClN6O4/c1-10(16-24-15(25-30-16)11-4-6-12(20)7-5-11)21-17-22-13(8-14(27)23-17)26-18(28)29-9-19(26,2)3/h4-8,10H,9H2,1-3H3,(H2,21,22,23,27)/t10-/m0/s1. The first kappa shape index (κ1) is 19.9. The number of nitrogens with zero attached hydrogens (tertiary/aromatic N) is 5. The monoisotopic (exact) mass is 430 g/mol. The molecule has 1 aliphatic rings. The van der Waals surface area contributed by atoms with Gasteiger partial charge in [-0.3, -0.25) is 4.90 Å². The number of aromatic hydroxyl groups is 1. The molecule has 30 heavy (non-hydrogen) atoms. The molecule has 3 aromatic rings. The molecule has 4 rings (SSSR count). The molecular weight excluding hydrogens is 412 g/mol. The Balaban J connectivity index is 1.55. The molecule has 0 radical (unpaired) electrons. The van der Waals surface area contributed by atoms with Crippen LogP contribution >= 0.6 is 11.6 Å². The van der Waals surface area contributed by atoms with Crippen molar-refractivity contribution in [3.05, 3.63) is 41.2 Å². The maximum Gasteiger partial charge on any atom is 0.416 e. The van der Waals surface area contributed by atoms with E-state index in [2.05, 4.69) is 25.4 Å². The highest BCUT2D eigenvalue weighted by Gasteiger charge is 2.42. The van der Waals surface area contributed by atoms with Gasteiger partial charge in [-0.25, -0.2) is 4.79 Å². The number of benzene rings is 1. The van der Waals surface area contributed by atoms with Crippen LogP contribution in [0.2, 0.25) is 5.02 Å². The van der Waals surface area contributed by atoms with Crippen LogP contribution in [0.25, 0.3) is 11.4 Å². The van der Waals surface area contributed by atoms with Gasteiger partial charge in [0, 0.05) is 16.7 Å². The van der Waals surface area contributed by atoms with Crippen molar-refractivity contribution in [3.63, 3.8) is 0 Å². The van der Waals surface area contributed by atoms with E-state index >= 15 is 0 Å². The summed E-state index contributed by atoms with van der Waals surface area (Å²) in [6.45, 7) is 5.67. The van der Waals surface area contributed by atoms with Crippen LogP contribution < -0.4 is 10.2 Å². The van der Waals surface area contributed by atoms with Gasteiger partial charge in [-0.1, -0.05) is 16.8 Å². The smallest absolute Gasteiger partial charge is 0.416 e. The van der Waals surface area contributed by atoms with Crippen LogP contribution in [-0.4, -0.2) is 43.5 Å². The number of hydrogen-bond donors (Lipinski definition) is 2. The summed E-state index contributed by atoms with van der Waals surface area (Å²) in [5.41, 5.74) is 0.146. The number of hydrogen-bond acceptors (Lipinski definition) is 9. The fourth-order valence-corrected chi connectivity index (χ4v) is 3.13. The van der Waals surface area contributed by atoms with Gasteiger partial charge in [-0.05, 0) is 45.0 Å². The molecule has 0 saturated carbocycles. The maximum atomic E-state index is 12.1. The van der Waals surface area contributed by atoms with E-state index in [-0.39, 0.29) is 24.3 Å². The molecule has 1 atom stereocenters. The second-order valence-electron chi connectivity index (χ2n) is 7.44. The average molecular weight is 431 g/mol. The van der Waals surface area contributed by atoms with Gasteiger partial charge in [-0.2, -0.15) is 15.0 Å². The molecule has 1 aromatic carbocycles. The van der Waals surface area contributed by atoms with Crippen molar-refractivity contribution in [3.8, 4) is 17.3 Å². The number of rotatable bonds is 5. The highest BCUT2D eigenvalue weighted by Crippen LogP contribution is 2.31. The van der Waals surface area contributed by atoms with Gasteiger partial charge in [0.15, 0.2) is 0 Å². The van der Waals surface area contributed by atoms with Crippen LogP contribution in [0.4, 0.5) is 16.6 Å². The summed E-state index contributed by atoms with van der Waals surface area (Å²) in [5.74, 6) is 0.734. The minimum absolute atomic E-state index is 0.0965. The maximum absolute atomic E-state index is 12.1. The van der Waals surface area contributed by atoms with E-state index in [0.717, 1.165) is 5.56 Å². The predicted octanol–water partition coefficient (Wildman–Crippen LogP) is 3.79. The van der Waals surface area contributed by atoms with E-state index in [4.69, 9.17) is 20.9 Å². The summed E-state index contributed by atoms with van der Waals surface area (Å²) in [4.78, 5) is 26.2. The molecule has 0 aliphatic carbocycles. The first-order chi connectivity index (χ1) is 14.2. The van der Waals surface area contributed by atoms with Crippen molar-refractivity contribution in [1.82, 2.24) is 20.1 Å². The molecule has 0 spiro atoms. The third kappa shape index (κ3) is 3.86. The van der Waals surface area contributed by atoms with Crippen LogP contribution in [0.3, 0.4) is 0 Å². The van der Waals surface area contributed by atoms with E-state index in [1.807, 2.05) is 13.8 Å². The van der Waals surface area contributed by atoms with Crippen LogP contribution in [-0.2, 0) is 4.74 Å². The number of halogens is 1. The van der Waals surface area contributed by atoms with Gasteiger partial charge in [0.05, 0.1) is 5.54 Å². The van der Waals surface area contributed by atoms with Crippen molar-refractivity contribution >= 4 is 29.5 Å². The number of amides is 1. The van der Waals surface area contributed by atoms with E-state index < -0.39 is 17.7 Å². The normalized spacial score (nSPS) is 16.4. The Morgan fingerprint density at radius 3 is 2.63 bits per heavy atom. The Labute approximate surface area is 176 Å². The molecule has 11 heteroatoms. The number of cyclic esters (lactones) is 1. The second kappa shape index (κ2) is 7.45. The van der Waals surface area contributed by atoms with Gasteiger partial charge in [-0.15, -0.1) is 0 Å². The van der Waals surface area contributed by atoms with Gasteiger partial charge >= 0.3 is 6.09 Å². The van der Waals surface area contributed by atoms with Gasteiger partial charge in [0.25, 0.3) is 0 Å². The second-order valence-corrected chi connectivity index (χ2v) is 7.88. The molecular formula is C19H19ClN6O4. The van der Waals surface area contributed by atoms with Crippen molar-refractivity contribution in [1.29, 1.82) is 0 Å². The minimum atomic E-state index is -0.610. The van der Waals surface area contributed by atoms with E-state index in [1.165, 1.54) is 11.0 Å². The summed E-state index contributed by atoms with van der Waals surface area (Å²) in [6.07, 6.45) is -0.540. The zero-order valence-corrected chi connectivity index (χ0v) is 17.2. The number of aromatic nitrogens is 4. The minimum Gasteiger partial charge on any atom is -0.493 e. The van der Waals surface area contributed by atoms with Crippen molar-refractivity contribution in [2.75, 3.05) is 16.8 Å². The van der Waals surface area contributed by atoms with Crippen LogP contribution in [0.1, 0.15) is 32.7 Å². The first-order valence-electron chi connectivity index (χ1n) is 9.14. The molecule has 2 aromatic heterocycles. The van der Waals surface area contributed by atoms with Crippen molar-refractivity contribution < 1.29 is 19.2 Å². The Morgan fingerprint density at radius 2 is 1.97 bits per heavy atom. The summed E-state index contributed by atoms with van der Waals surface area (Å²) in [5, 5.41) is 17.6. The highest BCUT2D eigenvalue weighted by molar-refractivity contribution is 6.30. The van der Waals surface area contributed by atoms with Gasteiger partial charge in [0.1, 0.15) is 18.5 Å². The number of ether oxygens (including phenoxy) is 1. The molecule has 0 unspecified atom stereocenters. The van der Waals surface area contributed by atoms with Crippen molar-refractivity contribution in [2.24, 2.45) is 0 Å². The summed E-state index contributed by atoms with van der Waals surface area (Å²) in [6, 6.07) is 7.89. The average Bonchev–Trinajstić information content (AvgIpc) is 3.26. The molecule has 1 aliphatic heterocycles. The molecule has 156 valence electrons. The lowest BCUT2D eigenvalue weighted by atomic mass is 10.1. The number of anilines is 2. The predicted molar refractivity (Wildman–Crippen MR) is 108 cm³/mol. The van der Waals surface area contributed by atoms with Crippen LogP contribution in [0.15, 0.2) is 34.9 Å². The van der Waals surface area contributed by atoms with Gasteiger partial charge < -0.3 is 19.7 Å². The SMILES string of the molecule is C[C@H](Nc1nc(O)cc(N2C(=O)OCC2(C)C)n1)c1nc(-c2ccc(Cl)cc2)no1. The summed E-state index contributed by atoms with van der Waals surface area (Å²) in [7, 11) is 0. The molecule has 1 amide bonds. The van der Waals surface area contributed by atoms with E-state index in [9.17, 15) is 9.90 Å². The molecule has 2 N–H and O–H groups in total. The Kier molecular flexibility index (Phi) is 4.94. The summed E-state index contributed by atoms with van der Waals surface area (Å²) < 4.78 is 10.4. The third-order valence-electron chi connectivity index (χ3n) is 4.53. The zero-order valence-electron chi connectivity index (χ0n) is 16.5. The summed E-state index contributed by atoms with van der Waals surface area (Å²) >= 11 is 5.90. The lowest BCUT2D eigenvalue weighted by Crippen LogP contribution is -2.42.